The largest absolute Gasteiger partial charge is 0.287 e. The Morgan fingerprint density at radius 1 is 1.00 bits per heavy atom. The summed E-state index contributed by atoms with van der Waals surface area (Å²) >= 11 is 3.48. The van der Waals surface area contributed by atoms with Crippen LogP contribution >= 0.6 is 15.9 Å². The lowest BCUT2D eigenvalue weighted by Gasteiger charge is -2.04. The highest BCUT2D eigenvalue weighted by Gasteiger charge is 2.08. The van der Waals surface area contributed by atoms with E-state index in [4.69, 9.17) is 0 Å². The second-order valence-corrected chi connectivity index (χ2v) is 4.12. The highest BCUT2D eigenvalue weighted by Crippen LogP contribution is 2.23. The molecular formula is C12H8BrN3. The van der Waals surface area contributed by atoms with Crippen LogP contribution in [0.1, 0.15) is 0 Å². The summed E-state index contributed by atoms with van der Waals surface area (Å²) in [5, 5.41) is 0. The minimum absolute atomic E-state index is 0.805. The maximum Gasteiger partial charge on any atom is 0.182 e. The number of imidazole rings is 1. The molecule has 0 radical (unpaired) electrons. The third-order valence-electron chi connectivity index (χ3n) is 2.44. The molecule has 0 amide bonds. The number of pyridine rings is 1. The van der Waals surface area contributed by atoms with Gasteiger partial charge in [0, 0.05) is 12.4 Å². The van der Waals surface area contributed by atoms with E-state index in [0.29, 0.717) is 0 Å². The number of nitrogens with zero attached hydrogens (tertiary/aromatic N) is 3. The van der Waals surface area contributed by atoms with Crippen molar-refractivity contribution < 1.29 is 0 Å². The van der Waals surface area contributed by atoms with Gasteiger partial charge >= 0.3 is 0 Å². The van der Waals surface area contributed by atoms with Gasteiger partial charge in [0.05, 0.1) is 16.7 Å². The minimum Gasteiger partial charge on any atom is -0.287 e. The molecule has 2 aromatic heterocycles. The first kappa shape index (κ1) is 9.54. The maximum absolute atomic E-state index is 4.45. The van der Waals surface area contributed by atoms with Gasteiger partial charge in [-0.25, -0.2) is 4.98 Å². The quantitative estimate of drug-likeness (QED) is 0.682. The van der Waals surface area contributed by atoms with Crippen LogP contribution in [0.5, 0.6) is 0 Å². The first-order valence-corrected chi connectivity index (χ1v) is 5.69. The van der Waals surface area contributed by atoms with Crippen molar-refractivity contribution >= 4 is 27.0 Å². The highest BCUT2D eigenvalue weighted by molar-refractivity contribution is 9.10. The van der Waals surface area contributed by atoms with Crippen LogP contribution in [0.15, 0.2) is 53.5 Å². The highest BCUT2D eigenvalue weighted by atomic mass is 79.9. The van der Waals surface area contributed by atoms with Crippen LogP contribution in [0.2, 0.25) is 0 Å². The number of halogens is 1. The smallest absolute Gasteiger partial charge is 0.182 e. The van der Waals surface area contributed by atoms with Crippen molar-refractivity contribution in [3.63, 3.8) is 0 Å². The van der Waals surface area contributed by atoms with Gasteiger partial charge in [-0.3, -0.25) is 9.55 Å². The van der Waals surface area contributed by atoms with Gasteiger partial charge in [0.25, 0.3) is 0 Å². The third kappa shape index (κ3) is 1.42. The fraction of sp³-hybridized carbons (Fsp3) is 0. The van der Waals surface area contributed by atoms with Crippen LogP contribution in [-0.4, -0.2) is 14.5 Å². The Morgan fingerprint density at radius 2 is 1.75 bits per heavy atom. The first-order valence-electron chi connectivity index (χ1n) is 4.89. The lowest BCUT2D eigenvalue weighted by Crippen LogP contribution is -1.93. The van der Waals surface area contributed by atoms with Gasteiger partial charge in [0.2, 0.25) is 0 Å². The standard InChI is InChI=1S/C12H8BrN3/c13-12-15-10-3-1-2-4-11(10)16(12)9-5-7-14-8-6-9/h1-8H. The molecule has 0 atom stereocenters. The van der Waals surface area contributed by atoms with E-state index < -0.39 is 0 Å². The van der Waals surface area contributed by atoms with Crippen LogP contribution in [0, 0.1) is 0 Å². The second-order valence-electron chi connectivity index (χ2n) is 3.41. The van der Waals surface area contributed by atoms with Gasteiger partial charge in [-0.2, -0.15) is 0 Å². The van der Waals surface area contributed by atoms with Crippen molar-refractivity contribution in [1.29, 1.82) is 0 Å². The van der Waals surface area contributed by atoms with Crippen LogP contribution in [0.4, 0.5) is 0 Å². The molecule has 3 nitrogen and oxygen atoms in total. The molecule has 78 valence electrons. The summed E-state index contributed by atoms with van der Waals surface area (Å²) in [5.41, 5.74) is 3.11. The van der Waals surface area contributed by atoms with Gasteiger partial charge in [-0.1, -0.05) is 12.1 Å². The van der Waals surface area contributed by atoms with E-state index in [-0.39, 0.29) is 0 Å². The second kappa shape index (κ2) is 3.72. The molecule has 1 aromatic carbocycles. The SMILES string of the molecule is Brc1nc2ccccc2n1-c1ccncc1. The minimum atomic E-state index is 0.805. The molecule has 4 heteroatoms. The number of benzene rings is 1. The summed E-state index contributed by atoms with van der Waals surface area (Å²) < 4.78 is 2.86. The summed E-state index contributed by atoms with van der Waals surface area (Å²) in [5.74, 6) is 0. The van der Waals surface area contributed by atoms with Crippen molar-refractivity contribution in [2.75, 3.05) is 0 Å². The van der Waals surface area contributed by atoms with E-state index in [1.807, 2.05) is 36.4 Å². The number of fused-ring (bicyclic) bond motifs is 1. The molecule has 0 fully saturated rings. The van der Waals surface area contributed by atoms with Crippen molar-refractivity contribution in [2.45, 2.75) is 0 Å². The van der Waals surface area contributed by atoms with Crippen LogP contribution in [0.25, 0.3) is 16.7 Å². The molecule has 0 saturated heterocycles. The fourth-order valence-corrected chi connectivity index (χ4v) is 2.32. The maximum atomic E-state index is 4.45. The van der Waals surface area contributed by atoms with Crippen LogP contribution in [-0.2, 0) is 0 Å². The van der Waals surface area contributed by atoms with E-state index >= 15 is 0 Å². The predicted molar refractivity (Wildman–Crippen MR) is 66.6 cm³/mol. The topological polar surface area (TPSA) is 30.7 Å². The lowest BCUT2D eigenvalue weighted by atomic mass is 10.3. The van der Waals surface area contributed by atoms with E-state index in [1.165, 1.54) is 0 Å². The Bertz CT molecular complexity index is 631. The van der Waals surface area contributed by atoms with E-state index in [9.17, 15) is 0 Å². The molecule has 0 spiro atoms. The lowest BCUT2D eigenvalue weighted by molar-refractivity contribution is 1.04. The number of para-hydroxylation sites is 2. The summed E-state index contributed by atoms with van der Waals surface area (Å²) in [7, 11) is 0. The number of hydrogen-bond donors (Lipinski definition) is 0. The summed E-state index contributed by atoms with van der Waals surface area (Å²) in [6.07, 6.45) is 3.55. The van der Waals surface area contributed by atoms with Crippen molar-refractivity contribution in [3.8, 4) is 5.69 Å². The summed E-state index contributed by atoms with van der Waals surface area (Å²) in [6, 6.07) is 12.0. The molecule has 0 aliphatic carbocycles. The number of rotatable bonds is 1. The Balaban J connectivity index is 2.35. The van der Waals surface area contributed by atoms with Crippen LogP contribution < -0.4 is 0 Å². The Labute approximate surface area is 101 Å². The monoisotopic (exact) mass is 273 g/mol. The number of hydrogen-bond acceptors (Lipinski definition) is 2. The van der Waals surface area contributed by atoms with Gasteiger partial charge in [-0.05, 0) is 40.2 Å². The Kier molecular flexibility index (Phi) is 2.22. The zero-order valence-electron chi connectivity index (χ0n) is 8.34. The Hall–Kier alpha value is -1.68. The average Bonchev–Trinajstić information content (AvgIpc) is 2.66. The zero-order chi connectivity index (χ0) is 11.0. The van der Waals surface area contributed by atoms with Crippen LogP contribution in [0.3, 0.4) is 0 Å². The molecule has 0 aliphatic rings. The van der Waals surface area contributed by atoms with Gasteiger partial charge in [-0.15, -0.1) is 0 Å². The first-order chi connectivity index (χ1) is 7.86. The molecule has 3 aromatic rings. The van der Waals surface area contributed by atoms with Crippen molar-refractivity contribution in [1.82, 2.24) is 14.5 Å². The summed E-state index contributed by atoms with van der Waals surface area (Å²) in [4.78, 5) is 8.46. The molecule has 0 aliphatic heterocycles. The van der Waals surface area contributed by atoms with Gasteiger partial charge in [0.15, 0.2) is 4.73 Å². The normalized spacial score (nSPS) is 10.8. The van der Waals surface area contributed by atoms with Gasteiger partial charge < -0.3 is 0 Å². The molecular weight excluding hydrogens is 266 g/mol. The molecule has 2 heterocycles. The molecule has 3 rings (SSSR count). The molecule has 0 unspecified atom stereocenters. The van der Waals surface area contributed by atoms with E-state index in [2.05, 4.69) is 30.5 Å². The third-order valence-corrected chi connectivity index (χ3v) is 2.97. The average molecular weight is 274 g/mol. The zero-order valence-corrected chi connectivity index (χ0v) is 9.92. The molecule has 0 bridgehead atoms. The fourth-order valence-electron chi connectivity index (χ4n) is 1.74. The van der Waals surface area contributed by atoms with Crippen molar-refractivity contribution in [3.05, 3.63) is 53.5 Å². The molecule has 16 heavy (non-hydrogen) atoms. The summed E-state index contributed by atoms with van der Waals surface area (Å²) in [6.45, 7) is 0. The van der Waals surface area contributed by atoms with Gasteiger partial charge in [0.1, 0.15) is 0 Å². The number of aromatic nitrogens is 3. The predicted octanol–water partition coefficient (Wildman–Crippen LogP) is 3.18. The molecule has 0 N–H and O–H groups in total. The van der Waals surface area contributed by atoms with E-state index in [0.717, 1.165) is 21.5 Å². The van der Waals surface area contributed by atoms with E-state index in [1.54, 1.807) is 12.4 Å². The Morgan fingerprint density at radius 3 is 2.56 bits per heavy atom. The van der Waals surface area contributed by atoms with Crippen molar-refractivity contribution in [2.24, 2.45) is 0 Å². The molecule has 0 saturated carbocycles.